The number of nitrogens with zero attached hydrogens (tertiary/aromatic N) is 1. The molecular weight excluding hydrogens is 493 g/mol. The Balaban J connectivity index is 1.88. The van der Waals surface area contributed by atoms with Crippen LogP contribution in [0.5, 0.6) is 5.75 Å². The molecule has 2 aromatic rings. The van der Waals surface area contributed by atoms with Crippen molar-refractivity contribution in [2.75, 3.05) is 18.1 Å². The van der Waals surface area contributed by atoms with Crippen molar-refractivity contribution in [3.05, 3.63) is 62.6 Å². The van der Waals surface area contributed by atoms with Gasteiger partial charge in [0.1, 0.15) is 0 Å². The van der Waals surface area contributed by atoms with E-state index in [0.29, 0.717) is 23.8 Å². The van der Waals surface area contributed by atoms with Crippen molar-refractivity contribution < 1.29 is 17.9 Å². The molecule has 174 valence electrons. The summed E-state index contributed by atoms with van der Waals surface area (Å²) in [7, 11) is -3.20. The normalized spacial score (nSPS) is 17.3. The van der Waals surface area contributed by atoms with Gasteiger partial charge >= 0.3 is 0 Å². The van der Waals surface area contributed by atoms with Crippen molar-refractivity contribution in [2.45, 2.75) is 45.2 Å². The van der Waals surface area contributed by atoms with E-state index in [-0.39, 0.29) is 39.6 Å². The van der Waals surface area contributed by atoms with Crippen molar-refractivity contribution in [1.82, 2.24) is 4.90 Å². The van der Waals surface area contributed by atoms with Crippen LogP contribution in [-0.4, -0.2) is 43.4 Å². The molecule has 0 bridgehead atoms. The van der Waals surface area contributed by atoms with Crippen molar-refractivity contribution in [3.8, 4) is 5.75 Å². The topological polar surface area (TPSA) is 63.7 Å². The summed E-state index contributed by atoms with van der Waals surface area (Å²) in [6.45, 7) is 2.77. The summed E-state index contributed by atoms with van der Waals surface area (Å²) in [5.41, 5.74) is 1.01. The SMILES string of the molecule is CCCCCOc1c(Cl)cc(C(=O)N(Cc2ccccc2Cl)C2CCS(=O)(=O)C2)cc1Cl. The number of rotatable bonds is 9. The summed E-state index contributed by atoms with van der Waals surface area (Å²) in [6.07, 6.45) is 3.35. The Morgan fingerprint density at radius 2 is 1.78 bits per heavy atom. The van der Waals surface area contributed by atoms with E-state index in [9.17, 15) is 13.2 Å². The molecule has 9 heteroatoms. The molecule has 1 atom stereocenters. The fraction of sp³-hybridized carbons (Fsp3) is 0.435. The van der Waals surface area contributed by atoms with E-state index in [1.165, 1.54) is 12.1 Å². The van der Waals surface area contributed by atoms with Crippen LogP contribution in [0.3, 0.4) is 0 Å². The van der Waals surface area contributed by atoms with Crippen LogP contribution in [0.15, 0.2) is 36.4 Å². The second-order valence-electron chi connectivity index (χ2n) is 7.91. The molecule has 1 unspecified atom stereocenters. The lowest BCUT2D eigenvalue weighted by Gasteiger charge is -2.29. The molecule has 2 aromatic carbocycles. The van der Waals surface area contributed by atoms with Crippen molar-refractivity contribution >= 4 is 50.5 Å². The highest BCUT2D eigenvalue weighted by molar-refractivity contribution is 7.91. The zero-order valence-electron chi connectivity index (χ0n) is 17.8. The molecule has 0 saturated carbocycles. The third-order valence-corrected chi connectivity index (χ3v) is 8.13. The second kappa shape index (κ2) is 11.1. The Kier molecular flexibility index (Phi) is 8.73. The van der Waals surface area contributed by atoms with Crippen LogP contribution < -0.4 is 4.74 Å². The van der Waals surface area contributed by atoms with Crippen LogP contribution >= 0.6 is 34.8 Å². The van der Waals surface area contributed by atoms with E-state index < -0.39 is 15.9 Å². The number of unbranched alkanes of at least 4 members (excludes halogenated alkanes) is 2. The number of hydrogen-bond acceptors (Lipinski definition) is 4. The minimum atomic E-state index is -3.20. The van der Waals surface area contributed by atoms with Crippen molar-refractivity contribution in [1.29, 1.82) is 0 Å². The van der Waals surface area contributed by atoms with Gasteiger partial charge in [0, 0.05) is 23.2 Å². The molecular formula is C23H26Cl3NO4S. The van der Waals surface area contributed by atoms with Gasteiger partial charge in [0.25, 0.3) is 5.91 Å². The van der Waals surface area contributed by atoms with E-state index in [2.05, 4.69) is 6.92 Å². The highest BCUT2D eigenvalue weighted by Crippen LogP contribution is 2.35. The van der Waals surface area contributed by atoms with Gasteiger partial charge in [0.15, 0.2) is 15.6 Å². The Morgan fingerprint density at radius 1 is 1.09 bits per heavy atom. The summed E-state index contributed by atoms with van der Waals surface area (Å²) >= 11 is 19.1. The molecule has 1 aliphatic rings. The van der Waals surface area contributed by atoms with Crippen LogP contribution in [-0.2, 0) is 16.4 Å². The van der Waals surface area contributed by atoms with Crippen LogP contribution in [0.1, 0.15) is 48.5 Å². The summed E-state index contributed by atoms with van der Waals surface area (Å²) in [4.78, 5) is 15.1. The van der Waals surface area contributed by atoms with Gasteiger partial charge in [-0.1, -0.05) is 72.8 Å². The molecule has 1 aliphatic heterocycles. The first-order chi connectivity index (χ1) is 15.2. The molecule has 1 amide bonds. The van der Waals surface area contributed by atoms with Crippen LogP contribution in [0, 0.1) is 0 Å². The molecule has 1 fully saturated rings. The predicted octanol–water partition coefficient (Wildman–Crippen LogP) is 6.05. The van der Waals surface area contributed by atoms with Gasteiger partial charge in [-0.15, -0.1) is 0 Å². The first kappa shape index (κ1) is 25.2. The minimum absolute atomic E-state index is 0.0516. The molecule has 5 nitrogen and oxygen atoms in total. The van der Waals surface area contributed by atoms with Crippen LogP contribution in [0.4, 0.5) is 0 Å². The Morgan fingerprint density at radius 3 is 2.38 bits per heavy atom. The average Bonchev–Trinajstić information content (AvgIpc) is 3.11. The van der Waals surface area contributed by atoms with E-state index >= 15 is 0 Å². The van der Waals surface area contributed by atoms with E-state index in [0.717, 1.165) is 24.8 Å². The number of ether oxygens (including phenoxy) is 1. The Bertz CT molecular complexity index is 1050. The first-order valence-corrected chi connectivity index (χ1v) is 13.5. The zero-order chi connectivity index (χ0) is 23.3. The second-order valence-corrected chi connectivity index (χ2v) is 11.4. The molecule has 1 saturated heterocycles. The van der Waals surface area contributed by atoms with Gasteiger partial charge in [-0.2, -0.15) is 0 Å². The van der Waals surface area contributed by atoms with E-state index in [1.807, 2.05) is 12.1 Å². The maximum Gasteiger partial charge on any atom is 0.254 e. The maximum absolute atomic E-state index is 13.5. The van der Waals surface area contributed by atoms with Gasteiger partial charge < -0.3 is 9.64 Å². The fourth-order valence-electron chi connectivity index (χ4n) is 3.71. The number of hydrogen-bond donors (Lipinski definition) is 0. The summed E-state index contributed by atoms with van der Waals surface area (Å²) < 4.78 is 29.9. The molecule has 32 heavy (non-hydrogen) atoms. The smallest absolute Gasteiger partial charge is 0.254 e. The van der Waals surface area contributed by atoms with Gasteiger partial charge in [0.05, 0.1) is 28.2 Å². The molecule has 3 rings (SSSR count). The fourth-order valence-corrected chi connectivity index (χ4v) is 6.23. The number of sulfone groups is 1. The van der Waals surface area contributed by atoms with Crippen molar-refractivity contribution in [3.63, 3.8) is 0 Å². The average molecular weight is 519 g/mol. The molecule has 0 aromatic heterocycles. The number of halogens is 3. The summed E-state index contributed by atoms with van der Waals surface area (Å²) in [5.74, 6) is -0.0327. The van der Waals surface area contributed by atoms with E-state index in [1.54, 1.807) is 17.0 Å². The van der Waals surface area contributed by atoms with Gasteiger partial charge in [0.2, 0.25) is 0 Å². The highest BCUT2D eigenvalue weighted by atomic mass is 35.5. The van der Waals surface area contributed by atoms with E-state index in [4.69, 9.17) is 39.5 Å². The number of amides is 1. The van der Waals surface area contributed by atoms with Gasteiger partial charge in [-0.05, 0) is 36.6 Å². The number of carbonyl (C=O) groups is 1. The van der Waals surface area contributed by atoms with Crippen LogP contribution in [0.25, 0.3) is 0 Å². The molecule has 0 aliphatic carbocycles. The quantitative estimate of drug-likeness (QED) is 0.379. The molecule has 0 spiro atoms. The lowest BCUT2D eigenvalue weighted by Crippen LogP contribution is -2.40. The van der Waals surface area contributed by atoms with Gasteiger partial charge in [-0.3, -0.25) is 4.79 Å². The maximum atomic E-state index is 13.5. The van der Waals surface area contributed by atoms with Crippen LogP contribution in [0.2, 0.25) is 15.1 Å². The number of benzene rings is 2. The standard InChI is InChI=1S/C23H26Cl3NO4S/c1-2-3-6-10-31-22-20(25)12-17(13-21(22)26)23(28)27(18-9-11-32(29,30)15-18)14-16-7-4-5-8-19(16)24/h4-5,7-8,12-13,18H,2-3,6,9-11,14-15H2,1H3. The third-order valence-electron chi connectivity index (χ3n) is 5.45. The van der Waals surface area contributed by atoms with Crippen molar-refractivity contribution in [2.24, 2.45) is 0 Å². The minimum Gasteiger partial charge on any atom is -0.490 e. The Hall–Kier alpha value is -1.47. The molecule has 0 N–H and O–H groups in total. The highest BCUT2D eigenvalue weighted by Gasteiger charge is 2.35. The Labute approximate surface area is 204 Å². The number of carbonyl (C=O) groups excluding carboxylic acids is 1. The third kappa shape index (κ3) is 6.31. The zero-order valence-corrected chi connectivity index (χ0v) is 20.9. The molecule has 1 heterocycles. The summed E-state index contributed by atoms with van der Waals surface area (Å²) in [5, 5.41) is 1.00. The lowest BCUT2D eigenvalue weighted by atomic mass is 10.1. The lowest BCUT2D eigenvalue weighted by molar-refractivity contribution is 0.0681. The monoisotopic (exact) mass is 517 g/mol. The summed E-state index contributed by atoms with van der Waals surface area (Å²) in [6, 6.07) is 9.78. The van der Waals surface area contributed by atoms with Gasteiger partial charge in [-0.25, -0.2) is 8.42 Å². The predicted molar refractivity (Wildman–Crippen MR) is 130 cm³/mol. The largest absolute Gasteiger partial charge is 0.490 e. The molecule has 0 radical (unpaired) electrons. The first-order valence-electron chi connectivity index (χ1n) is 10.6.